The van der Waals surface area contributed by atoms with Crippen molar-refractivity contribution in [1.29, 1.82) is 0 Å². The van der Waals surface area contributed by atoms with Crippen molar-refractivity contribution in [2.24, 2.45) is 5.92 Å². The number of likely N-dealkylation sites (N-methyl/N-ethyl adjacent to an activating group) is 1. The van der Waals surface area contributed by atoms with Crippen LogP contribution in [0.2, 0.25) is 0 Å². The molecule has 1 aromatic rings. The van der Waals surface area contributed by atoms with E-state index in [4.69, 9.17) is 9.47 Å². The number of carbonyl (C=O) groups excluding carboxylic acids is 1. The summed E-state index contributed by atoms with van der Waals surface area (Å²) in [4.78, 5) is 17.0. The van der Waals surface area contributed by atoms with E-state index in [-0.39, 0.29) is 12.1 Å². The first kappa shape index (κ1) is 16.1. The molecule has 2 bridgehead atoms. The number of anilines is 1. The number of para-hydroxylation sites is 2. The Labute approximate surface area is 137 Å². The van der Waals surface area contributed by atoms with Crippen molar-refractivity contribution in [2.45, 2.75) is 13.0 Å². The number of nitrogens with one attached hydrogen (secondary N) is 1. The molecule has 0 unspecified atom stereocenters. The molecule has 0 aliphatic carbocycles. The molecular weight excluding hydrogens is 294 g/mol. The average molecular weight is 319 g/mol. The largest absolute Gasteiger partial charge is 0.492 e. The number of urea groups is 1. The number of ether oxygens (including phenoxy) is 2. The highest BCUT2D eigenvalue weighted by atomic mass is 16.5. The Balaban J connectivity index is 1.75. The van der Waals surface area contributed by atoms with Gasteiger partial charge in [0, 0.05) is 25.6 Å². The topological polar surface area (TPSA) is 54.0 Å². The Bertz CT molecular complexity index is 552. The molecule has 1 aromatic carbocycles. The number of benzene rings is 1. The Morgan fingerprint density at radius 3 is 2.96 bits per heavy atom. The van der Waals surface area contributed by atoms with E-state index >= 15 is 0 Å². The van der Waals surface area contributed by atoms with Crippen LogP contribution >= 0.6 is 0 Å². The van der Waals surface area contributed by atoms with Crippen molar-refractivity contribution in [3.63, 3.8) is 0 Å². The van der Waals surface area contributed by atoms with Crippen molar-refractivity contribution in [2.75, 3.05) is 51.8 Å². The van der Waals surface area contributed by atoms with E-state index in [1.165, 1.54) is 0 Å². The van der Waals surface area contributed by atoms with Crippen LogP contribution in [0.1, 0.15) is 6.92 Å². The highest BCUT2D eigenvalue weighted by Gasteiger charge is 2.34. The fourth-order valence-corrected chi connectivity index (χ4v) is 3.36. The maximum absolute atomic E-state index is 12.8. The minimum absolute atomic E-state index is 0.0760. The predicted molar refractivity (Wildman–Crippen MR) is 88.9 cm³/mol. The number of hydrogen-bond donors (Lipinski definition) is 1. The van der Waals surface area contributed by atoms with Crippen LogP contribution < -0.4 is 10.1 Å². The molecule has 6 nitrogen and oxygen atoms in total. The van der Waals surface area contributed by atoms with Gasteiger partial charge in [0.2, 0.25) is 0 Å². The standard InChI is InChI=1S/C17H25N3O3/c1-3-23-16-7-5-4-6-15(16)18-17(21)20-9-13-8-19(2)10-14(20)12-22-11-13/h4-7,13-14H,3,8-12H2,1-2H3,(H,18,21)/t13-,14-/m0/s1. The SMILES string of the molecule is CCOc1ccccc1NC(=O)N1C[C@H]2COC[C@@H]1CN(C)C2. The summed E-state index contributed by atoms with van der Waals surface area (Å²) < 4.78 is 11.3. The molecular formula is C17H25N3O3. The van der Waals surface area contributed by atoms with Gasteiger partial charge in [0.15, 0.2) is 0 Å². The molecule has 23 heavy (non-hydrogen) atoms. The number of hydrogen-bond acceptors (Lipinski definition) is 4. The second-order valence-corrected chi connectivity index (χ2v) is 6.29. The molecule has 1 N–H and O–H groups in total. The first-order valence-electron chi connectivity index (χ1n) is 8.23. The second kappa shape index (κ2) is 7.19. The third-order valence-electron chi connectivity index (χ3n) is 4.34. The van der Waals surface area contributed by atoms with Crippen molar-refractivity contribution in [3.05, 3.63) is 24.3 Å². The molecule has 2 saturated heterocycles. The summed E-state index contributed by atoms with van der Waals surface area (Å²) in [6.45, 7) is 6.37. The van der Waals surface area contributed by atoms with E-state index in [9.17, 15) is 4.79 Å². The van der Waals surface area contributed by atoms with Crippen molar-refractivity contribution in [3.8, 4) is 5.75 Å². The highest BCUT2D eigenvalue weighted by molar-refractivity contribution is 5.91. The zero-order valence-electron chi connectivity index (χ0n) is 13.8. The summed E-state index contributed by atoms with van der Waals surface area (Å²) in [5.41, 5.74) is 0.715. The number of carbonyl (C=O) groups is 1. The Morgan fingerprint density at radius 2 is 2.13 bits per heavy atom. The molecule has 2 aliphatic rings. The van der Waals surface area contributed by atoms with E-state index < -0.39 is 0 Å². The van der Waals surface area contributed by atoms with Crippen molar-refractivity contribution in [1.82, 2.24) is 9.80 Å². The first-order chi connectivity index (χ1) is 11.2. The Hall–Kier alpha value is -1.79. The molecule has 0 radical (unpaired) electrons. The third kappa shape index (κ3) is 3.76. The molecule has 126 valence electrons. The van der Waals surface area contributed by atoms with E-state index in [0.717, 1.165) is 26.2 Å². The van der Waals surface area contributed by atoms with E-state index in [1.54, 1.807) is 0 Å². The minimum atomic E-state index is -0.0760. The maximum Gasteiger partial charge on any atom is 0.322 e. The molecule has 0 saturated carbocycles. The van der Waals surface area contributed by atoms with E-state index in [1.807, 2.05) is 36.1 Å². The van der Waals surface area contributed by atoms with Gasteiger partial charge in [0.1, 0.15) is 5.75 Å². The summed E-state index contributed by atoms with van der Waals surface area (Å²) in [6, 6.07) is 7.56. The molecule has 3 rings (SSSR count). The van der Waals surface area contributed by atoms with Crippen LogP contribution in [-0.4, -0.2) is 68.4 Å². The monoisotopic (exact) mass is 319 g/mol. The lowest BCUT2D eigenvalue weighted by atomic mass is 10.1. The van der Waals surface area contributed by atoms with Crippen LogP contribution in [0.25, 0.3) is 0 Å². The van der Waals surface area contributed by atoms with Gasteiger partial charge < -0.3 is 24.6 Å². The van der Waals surface area contributed by atoms with Crippen LogP contribution in [0.5, 0.6) is 5.75 Å². The minimum Gasteiger partial charge on any atom is -0.492 e. The predicted octanol–water partition coefficient (Wildman–Crippen LogP) is 1.88. The molecule has 0 spiro atoms. The van der Waals surface area contributed by atoms with Gasteiger partial charge in [-0.2, -0.15) is 0 Å². The molecule has 2 atom stereocenters. The fraction of sp³-hybridized carbons (Fsp3) is 0.588. The zero-order valence-corrected chi connectivity index (χ0v) is 13.8. The first-order valence-corrected chi connectivity index (χ1v) is 8.23. The van der Waals surface area contributed by atoms with Crippen molar-refractivity contribution >= 4 is 11.7 Å². The third-order valence-corrected chi connectivity index (χ3v) is 4.34. The second-order valence-electron chi connectivity index (χ2n) is 6.29. The molecule has 2 fully saturated rings. The van der Waals surface area contributed by atoms with Crippen LogP contribution in [0.3, 0.4) is 0 Å². The average Bonchev–Trinajstić information content (AvgIpc) is 2.79. The van der Waals surface area contributed by atoms with E-state index in [2.05, 4.69) is 17.3 Å². The van der Waals surface area contributed by atoms with Gasteiger partial charge in [-0.25, -0.2) is 4.79 Å². The summed E-state index contributed by atoms with van der Waals surface area (Å²) in [7, 11) is 2.11. The summed E-state index contributed by atoms with van der Waals surface area (Å²) in [6.07, 6.45) is 0. The summed E-state index contributed by atoms with van der Waals surface area (Å²) in [5.74, 6) is 1.06. The van der Waals surface area contributed by atoms with Crippen LogP contribution in [0.15, 0.2) is 24.3 Å². The number of rotatable bonds is 3. The normalized spacial score (nSPS) is 24.9. The van der Waals surface area contributed by atoms with Crippen molar-refractivity contribution < 1.29 is 14.3 Å². The molecule has 6 heteroatoms. The molecule has 2 amide bonds. The van der Waals surface area contributed by atoms with Gasteiger partial charge in [0.05, 0.1) is 31.5 Å². The van der Waals surface area contributed by atoms with Gasteiger partial charge in [-0.1, -0.05) is 12.1 Å². The van der Waals surface area contributed by atoms with Gasteiger partial charge >= 0.3 is 6.03 Å². The quantitative estimate of drug-likeness (QED) is 0.924. The Kier molecular flexibility index (Phi) is 5.03. The van der Waals surface area contributed by atoms with Gasteiger partial charge in [-0.05, 0) is 26.1 Å². The molecule has 0 aromatic heterocycles. The summed E-state index contributed by atoms with van der Waals surface area (Å²) in [5, 5.41) is 3.01. The van der Waals surface area contributed by atoms with Gasteiger partial charge in [-0.15, -0.1) is 0 Å². The van der Waals surface area contributed by atoms with Gasteiger partial charge in [0.25, 0.3) is 0 Å². The lowest BCUT2D eigenvalue weighted by Crippen LogP contribution is -2.47. The van der Waals surface area contributed by atoms with Crippen LogP contribution in [-0.2, 0) is 4.74 Å². The number of fused-ring (bicyclic) bond motifs is 3. The number of nitrogens with zero attached hydrogens (tertiary/aromatic N) is 2. The summed E-state index contributed by atoms with van der Waals surface area (Å²) >= 11 is 0. The zero-order chi connectivity index (χ0) is 16.2. The highest BCUT2D eigenvalue weighted by Crippen LogP contribution is 2.25. The molecule has 2 aliphatic heterocycles. The Morgan fingerprint density at radius 1 is 1.30 bits per heavy atom. The van der Waals surface area contributed by atoms with Gasteiger partial charge in [-0.3, -0.25) is 0 Å². The maximum atomic E-state index is 12.8. The fourth-order valence-electron chi connectivity index (χ4n) is 3.36. The smallest absolute Gasteiger partial charge is 0.322 e. The lowest BCUT2D eigenvalue weighted by Gasteiger charge is -2.30. The van der Waals surface area contributed by atoms with Crippen LogP contribution in [0.4, 0.5) is 10.5 Å². The lowest BCUT2D eigenvalue weighted by molar-refractivity contribution is 0.0625. The van der Waals surface area contributed by atoms with E-state index in [0.29, 0.717) is 30.6 Å². The number of amides is 2. The van der Waals surface area contributed by atoms with Crippen LogP contribution in [0, 0.1) is 5.92 Å². The molecule has 2 heterocycles.